The smallest absolute Gasteiger partial charge is 0.393 e. The van der Waals surface area contributed by atoms with E-state index in [0.29, 0.717) is 49.9 Å². The van der Waals surface area contributed by atoms with Gasteiger partial charge in [0.15, 0.2) is 0 Å². The van der Waals surface area contributed by atoms with Crippen molar-refractivity contribution in [1.29, 1.82) is 4.78 Å². The van der Waals surface area contributed by atoms with Crippen LogP contribution < -0.4 is 15.4 Å². The van der Waals surface area contributed by atoms with Crippen molar-refractivity contribution in [3.63, 3.8) is 0 Å². The highest BCUT2D eigenvalue weighted by atomic mass is 32.2. The van der Waals surface area contributed by atoms with Crippen LogP contribution in [0.4, 0.5) is 28.9 Å². The first-order chi connectivity index (χ1) is 19.5. The number of fused-ring (bicyclic) bond motifs is 1. The Morgan fingerprint density at radius 2 is 1.98 bits per heavy atom. The van der Waals surface area contributed by atoms with E-state index >= 15 is 0 Å². The van der Waals surface area contributed by atoms with Gasteiger partial charge in [0.25, 0.3) is 0 Å². The molecule has 0 bridgehead atoms. The third-order valence-corrected chi connectivity index (χ3v) is 10.9. The summed E-state index contributed by atoms with van der Waals surface area (Å²) in [5.74, 6) is 6.26. The van der Waals surface area contributed by atoms with Gasteiger partial charge in [-0.05, 0) is 61.5 Å². The van der Waals surface area contributed by atoms with Gasteiger partial charge in [0.1, 0.15) is 11.9 Å². The number of nitrogens with zero attached hydrogens (tertiary/aromatic N) is 1. The van der Waals surface area contributed by atoms with Crippen molar-refractivity contribution in [2.75, 3.05) is 44.4 Å². The summed E-state index contributed by atoms with van der Waals surface area (Å²) in [6, 6.07) is 9.61. The maximum absolute atomic E-state index is 14.7. The summed E-state index contributed by atoms with van der Waals surface area (Å²) in [4.78, 5) is 2.65. The number of hydrogen-bond acceptors (Lipinski definition) is 7. The van der Waals surface area contributed by atoms with E-state index in [1.165, 1.54) is 18.4 Å². The van der Waals surface area contributed by atoms with Crippen molar-refractivity contribution >= 4 is 42.5 Å². The largest absolute Gasteiger partial charge is 0.495 e. The molecule has 3 N–H and O–H groups in total. The summed E-state index contributed by atoms with van der Waals surface area (Å²) < 4.78 is 82.5. The Morgan fingerprint density at radius 3 is 2.66 bits per heavy atom. The van der Waals surface area contributed by atoms with Crippen LogP contribution in [0.5, 0.6) is 5.75 Å². The number of nitrogens with one attached hydrogen (secondary N) is 3. The predicted molar refractivity (Wildman–Crippen MR) is 157 cm³/mol. The third kappa shape index (κ3) is 6.74. The summed E-state index contributed by atoms with van der Waals surface area (Å²) >= 11 is 1.17. The highest BCUT2D eigenvalue weighted by Gasteiger charge is 2.34. The summed E-state index contributed by atoms with van der Waals surface area (Å²) in [5.41, 5.74) is 1.30. The second-order valence-corrected chi connectivity index (χ2v) is 13.9. The van der Waals surface area contributed by atoms with E-state index < -0.39 is 34.5 Å². The van der Waals surface area contributed by atoms with Crippen molar-refractivity contribution in [3.05, 3.63) is 46.8 Å². The Morgan fingerprint density at radius 1 is 1.20 bits per heavy atom. The molecule has 6 nitrogen and oxygen atoms in total. The number of halogens is 4. The molecule has 2 fully saturated rings. The van der Waals surface area contributed by atoms with Crippen molar-refractivity contribution in [1.82, 2.24) is 4.90 Å². The number of ether oxygens (including phenoxy) is 1. The maximum Gasteiger partial charge on any atom is 0.393 e. The molecule has 1 aliphatic heterocycles. The fourth-order valence-electron chi connectivity index (χ4n) is 5.04. The van der Waals surface area contributed by atoms with Crippen LogP contribution in [-0.2, 0) is 16.1 Å². The molecule has 0 spiro atoms. The number of alkyl halides is 4. The molecule has 220 valence electrons. The number of anilines is 2. The lowest BCUT2D eigenvalue weighted by Crippen LogP contribution is -2.46. The molecular formula is C29H32F4N4O2S2. The van der Waals surface area contributed by atoms with E-state index in [1.54, 1.807) is 36.4 Å². The molecule has 3 aromatic rings. The van der Waals surface area contributed by atoms with Crippen LogP contribution in [0.3, 0.4) is 0 Å². The van der Waals surface area contributed by atoms with Crippen LogP contribution in [0.1, 0.15) is 29.7 Å². The molecule has 41 heavy (non-hydrogen) atoms. The van der Waals surface area contributed by atoms with E-state index in [0.717, 1.165) is 19.4 Å². The van der Waals surface area contributed by atoms with Gasteiger partial charge < -0.3 is 20.3 Å². The Kier molecular flexibility index (Phi) is 8.41. The zero-order valence-corrected chi connectivity index (χ0v) is 24.4. The van der Waals surface area contributed by atoms with Gasteiger partial charge >= 0.3 is 6.18 Å². The molecule has 2 heterocycles. The molecule has 0 amide bonds. The van der Waals surface area contributed by atoms with E-state index in [4.69, 9.17) is 9.52 Å². The van der Waals surface area contributed by atoms with Crippen molar-refractivity contribution in [3.8, 4) is 17.6 Å². The van der Waals surface area contributed by atoms with Crippen LogP contribution >= 0.6 is 11.3 Å². The molecule has 0 radical (unpaired) electrons. The molecule has 5 rings (SSSR count). The predicted octanol–water partition coefficient (Wildman–Crippen LogP) is 6.50. The SMILES string of the molecule is COc1cc(S(=N)(=O)C2CC2)ccc1NCC#Cc1sc2c(N[C@@H]3CCN(C)C[C@@H]3F)cccc2c1CC(F)(F)F. The summed E-state index contributed by atoms with van der Waals surface area (Å²) in [6.45, 7) is 1.16. The van der Waals surface area contributed by atoms with Crippen LogP contribution in [0.25, 0.3) is 10.1 Å². The molecule has 1 aromatic heterocycles. The topological polar surface area (TPSA) is 77.4 Å². The van der Waals surface area contributed by atoms with Gasteiger partial charge in [-0.3, -0.25) is 0 Å². The van der Waals surface area contributed by atoms with Crippen molar-refractivity contribution in [2.24, 2.45) is 0 Å². The quantitative estimate of drug-likeness (QED) is 0.201. The second kappa shape index (κ2) is 11.7. The number of rotatable bonds is 8. The first kappa shape index (κ1) is 29.5. The summed E-state index contributed by atoms with van der Waals surface area (Å²) in [6.07, 6.45) is -4.47. The third-order valence-electron chi connectivity index (χ3n) is 7.37. The van der Waals surface area contributed by atoms with Crippen molar-refractivity contribution < 1.29 is 26.5 Å². The zero-order chi connectivity index (χ0) is 29.4. The zero-order valence-electron chi connectivity index (χ0n) is 22.7. The fourth-order valence-corrected chi connectivity index (χ4v) is 7.95. The molecule has 12 heteroatoms. The van der Waals surface area contributed by atoms with Gasteiger partial charge in [-0.2, -0.15) is 13.2 Å². The average Bonchev–Trinajstić information content (AvgIpc) is 3.72. The number of thiophene rings is 1. The van der Waals surface area contributed by atoms with Gasteiger partial charge in [-0.15, -0.1) is 11.3 Å². The van der Waals surface area contributed by atoms with Gasteiger partial charge in [0.05, 0.1) is 61.7 Å². The number of methoxy groups -OCH3 is 1. The molecule has 1 unspecified atom stereocenters. The lowest BCUT2D eigenvalue weighted by molar-refractivity contribution is -0.126. The van der Waals surface area contributed by atoms with Crippen LogP contribution in [0, 0.1) is 16.6 Å². The number of benzene rings is 2. The highest BCUT2D eigenvalue weighted by Crippen LogP contribution is 2.40. The summed E-state index contributed by atoms with van der Waals surface area (Å²) in [7, 11) is 0.455. The number of hydrogen-bond donors (Lipinski definition) is 3. The van der Waals surface area contributed by atoms with Crippen LogP contribution in [0.2, 0.25) is 0 Å². The van der Waals surface area contributed by atoms with Crippen LogP contribution in [0.15, 0.2) is 41.3 Å². The van der Waals surface area contributed by atoms with Gasteiger partial charge in [0, 0.05) is 18.3 Å². The molecule has 1 aliphatic carbocycles. The minimum absolute atomic E-state index is 0.112. The minimum Gasteiger partial charge on any atom is -0.495 e. The standard InChI is InChI=1S/C29H32F4N4O2S2/c1-37-14-12-23(22(30)17-37)36-25-6-3-5-20-21(16-29(31,32)33)27(40-28(20)25)7-4-13-35-24-11-10-19(15-26(24)39-2)41(34,38)18-8-9-18/h3,5-6,10-11,15,18,22-23,34-36H,8-9,12-14,16-17H2,1-2H3/t22-,23+,41?/m0/s1. The lowest BCUT2D eigenvalue weighted by Gasteiger charge is -2.33. The highest BCUT2D eigenvalue weighted by molar-refractivity contribution is 7.93. The Hall–Kier alpha value is -3.01. The molecular weight excluding hydrogens is 576 g/mol. The van der Waals surface area contributed by atoms with E-state index in [-0.39, 0.29) is 17.4 Å². The number of piperidine rings is 1. The summed E-state index contributed by atoms with van der Waals surface area (Å²) in [5, 5.41) is 6.69. The van der Waals surface area contributed by atoms with Crippen molar-refractivity contribution in [2.45, 2.75) is 54.2 Å². The molecule has 3 atom stereocenters. The van der Waals surface area contributed by atoms with E-state index in [9.17, 15) is 21.8 Å². The maximum atomic E-state index is 14.7. The monoisotopic (exact) mass is 608 g/mol. The Labute approximate surface area is 241 Å². The normalized spacial score (nSPS) is 21.1. The molecule has 1 saturated carbocycles. The van der Waals surface area contributed by atoms with Gasteiger partial charge in [0.2, 0.25) is 0 Å². The molecule has 1 saturated heterocycles. The first-order valence-corrected chi connectivity index (χ1v) is 15.8. The van der Waals surface area contributed by atoms with Gasteiger partial charge in [-0.1, -0.05) is 24.0 Å². The van der Waals surface area contributed by atoms with E-state index in [1.807, 2.05) is 11.9 Å². The minimum atomic E-state index is -4.42. The van der Waals surface area contributed by atoms with E-state index in [2.05, 4.69) is 22.5 Å². The second-order valence-electron chi connectivity index (χ2n) is 10.5. The average molecular weight is 609 g/mol. The fraction of sp³-hybridized carbons (Fsp3) is 0.448. The Balaban J connectivity index is 1.38. The van der Waals surface area contributed by atoms with Crippen LogP contribution in [-0.4, -0.2) is 66.5 Å². The Bertz CT molecular complexity index is 1590. The molecule has 2 aromatic carbocycles. The molecule has 2 aliphatic rings. The first-order valence-electron chi connectivity index (χ1n) is 13.3. The lowest BCUT2D eigenvalue weighted by atomic mass is 10.0. The number of likely N-dealkylation sites (tertiary alicyclic amines) is 1. The van der Waals surface area contributed by atoms with Gasteiger partial charge in [-0.25, -0.2) is 13.4 Å².